The van der Waals surface area contributed by atoms with Crippen molar-refractivity contribution >= 4 is 27.1 Å². The van der Waals surface area contributed by atoms with E-state index in [4.69, 9.17) is 5.73 Å². The summed E-state index contributed by atoms with van der Waals surface area (Å²) in [4.78, 5) is 12.0. The second-order valence-electron chi connectivity index (χ2n) is 5.79. The highest BCUT2D eigenvalue weighted by Gasteiger charge is 2.25. The van der Waals surface area contributed by atoms with E-state index in [1.165, 1.54) is 0 Å². The number of carbonyl (C=O) groups excluding carboxylic acids is 1. The zero-order valence-electron chi connectivity index (χ0n) is 12.3. The molecular weight excluding hydrogens is 288 g/mol. The number of carbonyl (C=O) groups is 1. The van der Waals surface area contributed by atoms with Crippen LogP contribution in [0.3, 0.4) is 0 Å². The van der Waals surface area contributed by atoms with E-state index in [-0.39, 0.29) is 11.7 Å². The number of amides is 1. The molecule has 6 heteroatoms. The Hall–Kier alpha value is -1.56. The number of sulfone groups is 1. The van der Waals surface area contributed by atoms with Crippen LogP contribution in [0.15, 0.2) is 18.2 Å². The highest BCUT2D eigenvalue weighted by atomic mass is 32.2. The Morgan fingerprint density at radius 2 is 2.00 bits per heavy atom. The maximum Gasteiger partial charge on any atom is 0.239 e. The number of rotatable bonds is 5. The predicted molar refractivity (Wildman–Crippen MR) is 84.8 cm³/mol. The van der Waals surface area contributed by atoms with Crippen LogP contribution in [0, 0.1) is 12.8 Å². The molecule has 21 heavy (non-hydrogen) atoms. The van der Waals surface area contributed by atoms with E-state index in [2.05, 4.69) is 5.32 Å². The third-order valence-corrected chi connectivity index (χ3v) is 5.57. The highest BCUT2D eigenvalue weighted by Crippen LogP contribution is 2.26. The second-order valence-corrected chi connectivity index (χ2v) is 7.90. The fraction of sp³-hybridized carbons (Fsp3) is 0.533. The molecule has 1 aliphatic carbocycles. The largest absolute Gasteiger partial charge is 0.397 e. The zero-order valence-corrected chi connectivity index (χ0v) is 13.1. The van der Waals surface area contributed by atoms with Crippen LogP contribution in [-0.2, 0) is 14.6 Å². The lowest BCUT2D eigenvalue weighted by Crippen LogP contribution is -2.27. The zero-order chi connectivity index (χ0) is 15.5. The van der Waals surface area contributed by atoms with Gasteiger partial charge in [-0.25, -0.2) is 8.42 Å². The molecule has 1 aromatic rings. The molecule has 0 unspecified atom stereocenters. The van der Waals surface area contributed by atoms with Crippen LogP contribution in [0.5, 0.6) is 0 Å². The molecule has 3 N–H and O–H groups in total. The summed E-state index contributed by atoms with van der Waals surface area (Å²) in [6.45, 7) is 1.82. The van der Waals surface area contributed by atoms with Crippen molar-refractivity contribution in [3.8, 4) is 0 Å². The molecule has 116 valence electrons. The van der Waals surface area contributed by atoms with Gasteiger partial charge >= 0.3 is 0 Å². The molecule has 1 aromatic carbocycles. The monoisotopic (exact) mass is 310 g/mol. The number of hydrogen-bond acceptors (Lipinski definition) is 4. The minimum atomic E-state index is -3.36. The summed E-state index contributed by atoms with van der Waals surface area (Å²) >= 11 is 0. The normalized spacial score (nSPS) is 16.0. The van der Waals surface area contributed by atoms with Gasteiger partial charge in [-0.1, -0.05) is 25.0 Å². The van der Waals surface area contributed by atoms with Gasteiger partial charge in [0.25, 0.3) is 0 Å². The van der Waals surface area contributed by atoms with Crippen molar-refractivity contribution in [1.29, 1.82) is 0 Å². The molecule has 5 nitrogen and oxygen atoms in total. The molecule has 2 rings (SSSR count). The van der Waals surface area contributed by atoms with E-state index in [0.717, 1.165) is 31.2 Å². The first-order chi connectivity index (χ1) is 9.87. The number of nitrogens with one attached hydrogen (secondary N) is 1. The molecule has 0 spiro atoms. The SMILES string of the molecule is Cc1cccc(N)c1NC(=O)CS(=O)(=O)CC1CCCC1. The van der Waals surface area contributed by atoms with Gasteiger partial charge in [-0.15, -0.1) is 0 Å². The standard InChI is InChI=1S/C15H22N2O3S/c1-11-5-4-8-13(16)15(11)17-14(18)10-21(19,20)9-12-6-2-3-7-12/h4-5,8,12H,2-3,6-7,9-10,16H2,1H3,(H,17,18). The van der Waals surface area contributed by atoms with Crippen molar-refractivity contribution in [3.63, 3.8) is 0 Å². The number of aryl methyl sites for hydroxylation is 1. The van der Waals surface area contributed by atoms with Crippen LogP contribution < -0.4 is 11.1 Å². The fourth-order valence-corrected chi connectivity index (χ4v) is 4.47. The van der Waals surface area contributed by atoms with Gasteiger partial charge in [0.1, 0.15) is 5.75 Å². The molecule has 0 heterocycles. The van der Waals surface area contributed by atoms with Crippen molar-refractivity contribution in [2.45, 2.75) is 32.6 Å². The van der Waals surface area contributed by atoms with Gasteiger partial charge in [0, 0.05) is 0 Å². The minimum Gasteiger partial charge on any atom is -0.397 e. The van der Waals surface area contributed by atoms with Crippen LogP contribution in [0.2, 0.25) is 0 Å². The van der Waals surface area contributed by atoms with Crippen LogP contribution >= 0.6 is 0 Å². The van der Waals surface area contributed by atoms with Gasteiger partial charge in [-0.2, -0.15) is 0 Å². The molecule has 0 atom stereocenters. The summed E-state index contributed by atoms with van der Waals surface area (Å²) < 4.78 is 24.1. The first-order valence-corrected chi connectivity index (χ1v) is 9.05. The van der Waals surface area contributed by atoms with Crippen molar-refractivity contribution in [2.24, 2.45) is 5.92 Å². The number of nitrogen functional groups attached to an aromatic ring is 1. The second kappa shape index (κ2) is 6.47. The Balaban J connectivity index is 1.97. The number of hydrogen-bond donors (Lipinski definition) is 2. The molecule has 1 amide bonds. The van der Waals surface area contributed by atoms with Crippen LogP contribution in [0.25, 0.3) is 0 Å². The molecular formula is C15H22N2O3S. The maximum absolute atomic E-state index is 12.1. The summed E-state index contributed by atoms with van der Waals surface area (Å²) in [5, 5.41) is 2.62. The molecule has 0 aromatic heterocycles. The summed E-state index contributed by atoms with van der Waals surface area (Å²) in [7, 11) is -3.36. The lowest BCUT2D eigenvalue weighted by Gasteiger charge is -2.12. The molecule has 0 bridgehead atoms. The lowest BCUT2D eigenvalue weighted by atomic mass is 10.1. The van der Waals surface area contributed by atoms with E-state index in [1.54, 1.807) is 12.1 Å². The van der Waals surface area contributed by atoms with E-state index in [1.807, 2.05) is 13.0 Å². The van der Waals surface area contributed by atoms with Crippen molar-refractivity contribution in [1.82, 2.24) is 0 Å². The van der Waals surface area contributed by atoms with Crippen molar-refractivity contribution in [2.75, 3.05) is 22.6 Å². The van der Waals surface area contributed by atoms with Crippen molar-refractivity contribution in [3.05, 3.63) is 23.8 Å². The minimum absolute atomic E-state index is 0.115. The van der Waals surface area contributed by atoms with E-state index in [9.17, 15) is 13.2 Å². The van der Waals surface area contributed by atoms with E-state index < -0.39 is 21.5 Å². The van der Waals surface area contributed by atoms with Gasteiger partial charge in [0.15, 0.2) is 9.84 Å². The Kier molecular flexibility index (Phi) is 4.88. The number of para-hydroxylation sites is 1. The van der Waals surface area contributed by atoms with Crippen LogP contribution in [0.1, 0.15) is 31.2 Å². The average molecular weight is 310 g/mol. The van der Waals surface area contributed by atoms with E-state index in [0.29, 0.717) is 11.4 Å². The third kappa shape index (κ3) is 4.46. The lowest BCUT2D eigenvalue weighted by molar-refractivity contribution is -0.113. The Morgan fingerprint density at radius 3 is 2.62 bits per heavy atom. The summed E-state index contributed by atoms with van der Waals surface area (Å²) in [5.41, 5.74) is 7.56. The molecule has 1 fully saturated rings. The van der Waals surface area contributed by atoms with Gasteiger partial charge in [0.2, 0.25) is 5.91 Å². The van der Waals surface area contributed by atoms with Gasteiger partial charge in [-0.3, -0.25) is 4.79 Å². The van der Waals surface area contributed by atoms with Crippen LogP contribution in [0.4, 0.5) is 11.4 Å². The van der Waals surface area contributed by atoms with E-state index >= 15 is 0 Å². The number of benzene rings is 1. The smallest absolute Gasteiger partial charge is 0.239 e. The molecule has 1 aliphatic rings. The quantitative estimate of drug-likeness (QED) is 0.815. The number of nitrogens with two attached hydrogens (primary N) is 1. The molecule has 1 saturated carbocycles. The Labute approximate surface area is 125 Å². The van der Waals surface area contributed by atoms with Gasteiger partial charge in [0.05, 0.1) is 17.1 Å². The fourth-order valence-electron chi connectivity index (χ4n) is 2.83. The molecule has 0 saturated heterocycles. The Bertz CT molecular complexity index is 600. The summed E-state index contributed by atoms with van der Waals surface area (Å²) in [6, 6.07) is 5.28. The Morgan fingerprint density at radius 1 is 1.33 bits per heavy atom. The van der Waals surface area contributed by atoms with Gasteiger partial charge in [-0.05, 0) is 37.3 Å². The first-order valence-electron chi connectivity index (χ1n) is 7.23. The van der Waals surface area contributed by atoms with Gasteiger partial charge < -0.3 is 11.1 Å². The topological polar surface area (TPSA) is 89.3 Å². The third-order valence-electron chi connectivity index (χ3n) is 3.88. The van der Waals surface area contributed by atoms with Crippen molar-refractivity contribution < 1.29 is 13.2 Å². The average Bonchev–Trinajstić information content (AvgIpc) is 2.85. The predicted octanol–water partition coefficient (Wildman–Crippen LogP) is 2.12. The number of anilines is 2. The molecule has 0 radical (unpaired) electrons. The molecule has 0 aliphatic heterocycles. The van der Waals surface area contributed by atoms with Crippen LogP contribution in [-0.4, -0.2) is 25.8 Å². The first kappa shape index (κ1) is 15.8. The summed E-state index contributed by atoms with van der Waals surface area (Å²) in [5.74, 6) is -0.665. The highest BCUT2D eigenvalue weighted by molar-refractivity contribution is 7.92. The maximum atomic E-state index is 12.1. The summed E-state index contributed by atoms with van der Waals surface area (Å²) in [6.07, 6.45) is 4.08.